The van der Waals surface area contributed by atoms with Gasteiger partial charge in [-0.1, -0.05) is 6.07 Å². The van der Waals surface area contributed by atoms with Crippen LogP contribution in [0.25, 0.3) is 5.69 Å². The van der Waals surface area contributed by atoms with Gasteiger partial charge in [-0.3, -0.25) is 14.7 Å². The van der Waals surface area contributed by atoms with Crippen molar-refractivity contribution in [3.8, 4) is 17.2 Å². The van der Waals surface area contributed by atoms with Gasteiger partial charge in [-0.05, 0) is 44.9 Å². The summed E-state index contributed by atoms with van der Waals surface area (Å²) in [5, 5.41) is 7.50. The van der Waals surface area contributed by atoms with E-state index in [0.29, 0.717) is 29.4 Å². The van der Waals surface area contributed by atoms with Crippen LogP contribution in [-0.2, 0) is 14.8 Å². The smallest absolute Gasteiger partial charge is 0.243 e. The fraction of sp³-hybridized carbons (Fsp3) is 0.478. The van der Waals surface area contributed by atoms with Crippen LogP contribution in [0.1, 0.15) is 49.6 Å². The van der Waals surface area contributed by atoms with Gasteiger partial charge in [0.15, 0.2) is 11.6 Å². The lowest BCUT2D eigenvalue weighted by atomic mass is 10.1. The second kappa shape index (κ2) is 11.0. The van der Waals surface area contributed by atoms with Gasteiger partial charge in [-0.2, -0.15) is 0 Å². The molecule has 0 aliphatic carbocycles. The van der Waals surface area contributed by atoms with Crippen LogP contribution in [0.4, 0.5) is 5.95 Å². The first kappa shape index (κ1) is 26.7. The highest BCUT2D eigenvalue weighted by atomic mass is 32.2. The molecule has 4 atom stereocenters. The molecule has 3 N–H and O–H groups in total. The van der Waals surface area contributed by atoms with Gasteiger partial charge in [0, 0.05) is 25.5 Å². The van der Waals surface area contributed by atoms with Crippen molar-refractivity contribution in [1.29, 1.82) is 0 Å². The third kappa shape index (κ3) is 5.37. The third-order valence-electron chi connectivity index (χ3n) is 6.18. The lowest BCUT2D eigenvalue weighted by Crippen LogP contribution is -2.34. The molecule has 13 nitrogen and oxygen atoms in total. The van der Waals surface area contributed by atoms with Crippen molar-refractivity contribution in [3.05, 3.63) is 47.8 Å². The van der Waals surface area contributed by atoms with Gasteiger partial charge in [-0.25, -0.2) is 23.8 Å². The number of aryl methyl sites for hydroxylation is 1. The Morgan fingerprint density at radius 3 is 2.27 bits per heavy atom. The number of rotatable bonds is 10. The van der Waals surface area contributed by atoms with E-state index in [1.54, 1.807) is 35.2 Å². The summed E-state index contributed by atoms with van der Waals surface area (Å²) in [6.07, 6.45) is 3.01. The molecule has 1 saturated heterocycles. The van der Waals surface area contributed by atoms with Crippen molar-refractivity contribution >= 4 is 16.0 Å². The Labute approximate surface area is 216 Å². The SMILES string of the molecule is COc1cccc(OC)c1-n1c(NS(=O)(=O)[C@@H](C)[C@H](OC)c2ncc(C)cn2)nnc1C1CC(C)NN1. The predicted molar refractivity (Wildman–Crippen MR) is 136 cm³/mol. The molecular formula is C23H32N8O5S. The van der Waals surface area contributed by atoms with E-state index in [-0.39, 0.29) is 23.9 Å². The molecule has 1 aliphatic rings. The largest absolute Gasteiger partial charge is 0.494 e. The number of ether oxygens (including phenoxy) is 3. The summed E-state index contributed by atoms with van der Waals surface area (Å²) in [7, 11) is 0.396. The second-order valence-corrected chi connectivity index (χ2v) is 10.9. The van der Waals surface area contributed by atoms with Gasteiger partial charge >= 0.3 is 0 Å². The summed E-state index contributed by atoms with van der Waals surface area (Å²) in [5.41, 5.74) is 7.67. The molecule has 0 amide bonds. The number of hydrazine groups is 1. The van der Waals surface area contributed by atoms with Crippen LogP contribution in [0.15, 0.2) is 30.6 Å². The molecule has 2 aromatic heterocycles. The fourth-order valence-corrected chi connectivity index (χ4v) is 5.31. The second-order valence-electron chi connectivity index (χ2n) is 8.83. The van der Waals surface area contributed by atoms with Gasteiger partial charge < -0.3 is 14.2 Å². The predicted octanol–water partition coefficient (Wildman–Crippen LogP) is 1.83. The lowest BCUT2D eigenvalue weighted by molar-refractivity contribution is 0.0949. The number of aromatic nitrogens is 5. The highest BCUT2D eigenvalue weighted by Gasteiger charge is 2.36. The Balaban J connectivity index is 1.78. The van der Waals surface area contributed by atoms with Crippen molar-refractivity contribution in [3.63, 3.8) is 0 Å². The highest BCUT2D eigenvalue weighted by molar-refractivity contribution is 7.93. The number of hydrogen-bond donors (Lipinski definition) is 3. The average molecular weight is 533 g/mol. The minimum Gasteiger partial charge on any atom is -0.494 e. The van der Waals surface area contributed by atoms with E-state index in [1.165, 1.54) is 28.3 Å². The van der Waals surface area contributed by atoms with E-state index in [1.807, 2.05) is 13.8 Å². The van der Waals surface area contributed by atoms with Crippen molar-refractivity contribution in [2.75, 3.05) is 26.1 Å². The Morgan fingerprint density at radius 2 is 1.73 bits per heavy atom. The zero-order chi connectivity index (χ0) is 26.7. The van der Waals surface area contributed by atoms with Crippen molar-refractivity contribution < 1.29 is 22.6 Å². The Hall–Kier alpha value is -3.33. The number of anilines is 1. The molecule has 4 rings (SSSR count). The van der Waals surface area contributed by atoms with E-state index in [0.717, 1.165) is 5.56 Å². The number of methoxy groups -OCH3 is 3. The number of nitrogens with zero attached hydrogens (tertiary/aromatic N) is 5. The van der Waals surface area contributed by atoms with Crippen molar-refractivity contribution in [1.82, 2.24) is 35.6 Å². The molecule has 0 spiro atoms. The number of nitrogens with one attached hydrogen (secondary N) is 3. The van der Waals surface area contributed by atoms with E-state index in [2.05, 4.69) is 35.7 Å². The zero-order valence-corrected chi connectivity index (χ0v) is 22.4. The number of hydrogen-bond acceptors (Lipinski definition) is 11. The van der Waals surface area contributed by atoms with Crippen molar-refractivity contribution in [2.45, 2.75) is 50.6 Å². The molecule has 3 heterocycles. The minimum atomic E-state index is -4.07. The first-order chi connectivity index (χ1) is 17.7. The summed E-state index contributed by atoms with van der Waals surface area (Å²) in [4.78, 5) is 8.51. The molecule has 0 saturated carbocycles. The first-order valence-electron chi connectivity index (χ1n) is 11.7. The van der Waals surface area contributed by atoms with Gasteiger partial charge in [-0.15, -0.1) is 10.2 Å². The molecule has 0 radical (unpaired) electrons. The molecule has 37 heavy (non-hydrogen) atoms. The Morgan fingerprint density at radius 1 is 1.08 bits per heavy atom. The summed E-state index contributed by atoms with van der Waals surface area (Å²) >= 11 is 0. The van der Waals surface area contributed by atoms with Crippen LogP contribution >= 0.6 is 0 Å². The highest BCUT2D eigenvalue weighted by Crippen LogP contribution is 2.38. The lowest BCUT2D eigenvalue weighted by Gasteiger charge is -2.23. The molecule has 1 aliphatic heterocycles. The molecule has 200 valence electrons. The van der Waals surface area contributed by atoms with Crippen LogP contribution in [0.2, 0.25) is 0 Å². The fourth-order valence-electron chi connectivity index (χ4n) is 4.18. The Kier molecular flexibility index (Phi) is 7.92. The average Bonchev–Trinajstić information content (AvgIpc) is 3.50. The zero-order valence-electron chi connectivity index (χ0n) is 21.6. The summed E-state index contributed by atoms with van der Waals surface area (Å²) < 4.78 is 48.1. The molecule has 3 aromatic rings. The van der Waals surface area contributed by atoms with Gasteiger partial charge in [0.2, 0.25) is 16.0 Å². The number of para-hydroxylation sites is 1. The van der Waals surface area contributed by atoms with E-state index < -0.39 is 21.4 Å². The molecular weight excluding hydrogens is 500 g/mol. The van der Waals surface area contributed by atoms with Crippen LogP contribution in [0.3, 0.4) is 0 Å². The van der Waals surface area contributed by atoms with Crippen LogP contribution < -0.4 is 25.0 Å². The monoisotopic (exact) mass is 532 g/mol. The van der Waals surface area contributed by atoms with Gasteiger partial charge in [0.25, 0.3) is 0 Å². The van der Waals surface area contributed by atoms with E-state index in [4.69, 9.17) is 14.2 Å². The number of benzene rings is 1. The van der Waals surface area contributed by atoms with E-state index in [9.17, 15) is 8.42 Å². The quantitative estimate of drug-likeness (QED) is 0.350. The molecule has 0 bridgehead atoms. The minimum absolute atomic E-state index is 0.0225. The molecule has 2 unspecified atom stereocenters. The summed E-state index contributed by atoms with van der Waals surface area (Å²) in [5.74, 6) is 1.63. The standard InChI is InChI=1S/C23H32N8O5S/c1-13-11-24-21(25-12-13)20(36-6)15(3)37(32,33)30-23-29-28-22(16-10-14(2)26-27-16)31(23)19-17(34-4)8-7-9-18(19)35-5/h7-9,11-12,14-16,20,26-27H,10H2,1-6H3,(H,29,30)/t14?,15-,16?,20-/m0/s1. The van der Waals surface area contributed by atoms with Gasteiger partial charge in [0.1, 0.15) is 28.5 Å². The maximum atomic E-state index is 13.6. The van der Waals surface area contributed by atoms with E-state index >= 15 is 0 Å². The topological polar surface area (TPSA) is 154 Å². The number of sulfonamides is 1. The third-order valence-corrected chi connectivity index (χ3v) is 7.87. The van der Waals surface area contributed by atoms with Crippen molar-refractivity contribution in [2.24, 2.45) is 0 Å². The van der Waals surface area contributed by atoms with Gasteiger partial charge in [0.05, 0.1) is 20.3 Å². The molecule has 1 fully saturated rings. The Bertz CT molecular complexity index is 1310. The van der Waals surface area contributed by atoms with Crippen LogP contribution in [0.5, 0.6) is 11.5 Å². The maximum absolute atomic E-state index is 13.6. The first-order valence-corrected chi connectivity index (χ1v) is 13.3. The molecule has 14 heteroatoms. The summed E-state index contributed by atoms with van der Waals surface area (Å²) in [6.45, 7) is 5.40. The normalized spacial score (nSPS) is 19.4. The van der Waals surface area contributed by atoms with Crippen LogP contribution in [-0.4, -0.2) is 65.8 Å². The van der Waals surface area contributed by atoms with Crippen LogP contribution in [0, 0.1) is 6.92 Å². The maximum Gasteiger partial charge on any atom is 0.243 e. The molecule has 1 aromatic carbocycles. The summed E-state index contributed by atoms with van der Waals surface area (Å²) in [6, 6.07) is 5.20.